The van der Waals surface area contributed by atoms with Gasteiger partial charge in [0.1, 0.15) is 6.04 Å². The summed E-state index contributed by atoms with van der Waals surface area (Å²) in [5, 5.41) is 8.90. The average molecular weight is 328 g/mol. The van der Waals surface area contributed by atoms with E-state index in [0.717, 1.165) is 30.6 Å². The van der Waals surface area contributed by atoms with E-state index >= 15 is 0 Å². The predicted molar refractivity (Wildman–Crippen MR) is 87.6 cm³/mol. The van der Waals surface area contributed by atoms with E-state index in [2.05, 4.69) is 16.0 Å². The lowest BCUT2D eigenvalue weighted by atomic mass is 9.99. The number of nitrogens with zero attached hydrogens (tertiary/aromatic N) is 1. The molecule has 126 valence electrons. The maximum Gasteiger partial charge on any atom is 0.253 e. The van der Waals surface area contributed by atoms with Crippen LogP contribution in [0, 0.1) is 0 Å². The van der Waals surface area contributed by atoms with E-state index in [1.807, 2.05) is 18.2 Å². The topological polar surface area (TPSA) is 90.5 Å². The number of hydrogen-bond donors (Lipinski definition) is 3. The second kappa shape index (κ2) is 5.81. The van der Waals surface area contributed by atoms with Crippen LogP contribution >= 0.6 is 0 Å². The van der Waals surface area contributed by atoms with Crippen LogP contribution in [0.1, 0.15) is 28.8 Å². The monoisotopic (exact) mass is 328 g/mol. The van der Waals surface area contributed by atoms with Crippen molar-refractivity contribution in [3.8, 4) is 0 Å². The van der Waals surface area contributed by atoms with E-state index in [1.54, 1.807) is 4.90 Å². The number of aryl methyl sites for hydroxylation is 1. The van der Waals surface area contributed by atoms with Crippen LogP contribution < -0.4 is 16.0 Å². The number of hydrogen-bond acceptors (Lipinski definition) is 4. The molecular formula is C17H20N4O3. The van der Waals surface area contributed by atoms with Crippen molar-refractivity contribution >= 4 is 23.4 Å². The van der Waals surface area contributed by atoms with Crippen molar-refractivity contribution in [1.82, 2.24) is 15.5 Å². The molecule has 3 aliphatic rings. The lowest BCUT2D eigenvalue weighted by Gasteiger charge is -2.28. The molecule has 0 aliphatic carbocycles. The second-order valence-electron chi connectivity index (χ2n) is 6.56. The molecule has 3 N–H and O–H groups in total. The molecule has 0 radical (unpaired) electrons. The Balaban J connectivity index is 1.49. The first kappa shape index (κ1) is 15.0. The first-order chi connectivity index (χ1) is 11.6. The fourth-order valence-electron chi connectivity index (χ4n) is 3.81. The molecule has 7 nitrogen and oxygen atoms in total. The smallest absolute Gasteiger partial charge is 0.253 e. The highest BCUT2D eigenvalue weighted by Gasteiger charge is 2.42. The minimum Gasteiger partial charge on any atom is -0.384 e. The van der Waals surface area contributed by atoms with Crippen molar-refractivity contribution in [2.45, 2.75) is 31.3 Å². The van der Waals surface area contributed by atoms with Gasteiger partial charge in [-0.1, -0.05) is 12.1 Å². The lowest BCUT2D eigenvalue weighted by molar-refractivity contribution is -0.143. The fourth-order valence-corrected chi connectivity index (χ4v) is 3.81. The Labute approximate surface area is 139 Å². The van der Waals surface area contributed by atoms with Crippen LogP contribution in [-0.4, -0.2) is 54.3 Å². The molecule has 2 saturated heterocycles. The number of nitrogens with one attached hydrogen (secondary N) is 3. The van der Waals surface area contributed by atoms with Crippen molar-refractivity contribution < 1.29 is 14.4 Å². The fraction of sp³-hybridized carbons (Fsp3) is 0.471. The Morgan fingerprint density at radius 2 is 2.12 bits per heavy atom. The number of carbonyl (C=O) groups excluding carboxylic acids is 3. The lowest BCUT2D eigenvalue weighted by Crippen LogP contribution is -2.55. The summed E-state index contributed by atoms with van der Waals surface area (Å²) in [5.74, 6) is -0.376. The first-order valence-corrected chi connectivity index (χ1v) is 8.37. The van der Waals surface area contributed by atoms with Gasteiger partial charge in [0.05, 0.1) is 17.8 Å². The molecule has 1 aromatic carbocycles. The van der Waals surface area contributed by atoms with Crippen molar-refractivity contribution in [3.63, 3.8) is 0 Å². The summed E-state index contributed by atoms with van der Waals surface area (Å²) in [4.78, 5) is 38.0. The molecule has 7 heteroatoms. The van der Waals surface area contributed by atoms with Gasteiger partial charge < -0.3 is 20.9 Å². The number of benzene rings is 1. The van der Waals surface area contributed by atoms with Crippen LogP contribution in [0.4, 0.5) is 5.69 Å². The number of anilines is 1. The summed E-state index contributed by atoms with van der Waals surface area (Å²) in [7, 11) is 0. The zero-order valence-electron chi connectivity index (χ0n) is 13.3. The molecule has 2 atom stereocenters. The van der Waals surface area contributed by atoms with Crippen LogP contribution in [-0.2, 0) is 16.0 Å². The predicted octanol–water partition coefficient (Wildman–Crippen LogP) is -0.126. The summed E-state index contributed by atoms with van der Waals surface area (Å²) in [6, 6.07) is 5.09. The van der Waals surface area contributed by atoms with Crippen LogP contribution in [0.3, 0.4) is 0 Å². The molecule has 4 rings (SSSR count). The summed E-state index contributed by atoms with van der Waals surface area (Å²) in [5.41, 5.74) is 2.70. The van der Waals surface area contributed by atoms with Crippen LogP contribution in [0.2, 0.25) is 0 Å². The third-order valence-electron chi connectivity index (χ3n) is 4.99. The number of rotatable bonds is 2. The quantitative estimate of drug-likeness (QED) is 0.706. The molecule has 3 amide bonds. The van der Waals surface area contributed by atoms with Gasteiger partial charge >= 0.3 is 0 Å². The number of para-hydroxylation sites is 1. The van der Waals surface area contributed by atoms with Gasteiger partial charge in [0, 0.05) is 19.1 Å². The molecule has 0 bridgehead atoms. The van der Waals surface area contributed by atoms with E-state index in [1.165, 1.54) is 0 Å². The molecule has 2 fully saturated rings. The highest BCUT2D eigenvalue weighted by molar-refractivity contribution is 6.01. The van der Waals surface area contributed by atoms with Gasteiger partial charge in [-0.3, -0.25) is 14.4 Å². The molecular weight excluding hydrogens is 308 g/mol. The largest absolute Gasteiger partial charge is 0.384 e. The SMILES string of the molecule is O=C(N[C@H]1C[C@H]2C(=O)NCC(=O)N2C1)c1cccc2c1NCCC2. The zero-order valence-corrected chi connectivity index (χ0v) is 13.3. The summed E-state index contributed by atoms with van der Waals surface area (Å²) >= 11 is 0. The van der Waals surface area contributed by atoms with E-state index < -0.39 is 6.04 Å². The van der Waals surface area contributed by atoms with Crippen LogP contribution in [0.5, 0.6) is 0 Å². The van der Waals surface area contributed by atoms with Crippen molar-refractivity contribution in [2.24, 2.45) is 0 Å². The van der Waals surface area contributed by atoms with E-state index in [-0.39, 0.29) is 30.3 Å². The van der Waals surface area contributed by atoms with Crippen molar-refractivity contribution in [1.29, 1.82) is 0 Å². The molecule has 1 aromatic rings. The highest BCUT2D eigenvalue weighted by atomic mass is 16.2. The van der Waals surface area contributed by atoms with Crippen LogP contribution in [0.25, 0.3) is 0 Å². The Bertz CT molecular complexity index is 694. The minimum absolute atomic E-state index is 0.0477. The van der Waals surface area contributed by atoms with Crippen LogP contribution in [0.15, 0.2) is 18.2 Å². The Hall–Kier alpha value is -2.57. The molecule has 0 unspecified atom stereocenters. The Morgan fingerprint density at radius 1 is 1.25 bits per heavy atom. The Morgan fingerprint density at radius 3 is 2.96 bits per heavy atom. The van der Waals surface area contributed by atoms with E-state index in [0.29, 0.717) is 18.5 Å². The van der Waals surface area contributed by atoms with Gasteiger partial charge in [0.25, 0.3) is 5.91 Å². The van der Waals surface area contributed by atoms with Gasteiger partial charge in [0.15, 0.2) is 0 Å². The first-order valence-electron chi connectivity index (χ1n) is 8.37. The van der Waals surface area contributed by atoms with Crippen molar-refractivity contribution in [2.75, 3.05) is 25.0 Å². The molecule has 3 heterocycles. The van der Waals surface area contributed by atoms with Gasteiger partial charge in [-0.15, -0.1) is 0 Å². The number of carbonyl (C=O) groups is 3. The Kier molecular flexibility index (Phi) is 3.63. The summed E-state index contributed by atoms with van der Waals surface area (Å²) in [6.07, 6.45) is 2.50. The molecule has 0 aromatic heterocycles. The summed E-state index contributed by atoms with van der Waals surface area (Å²) in [6.45, 7) is 1.31. The molecule has 0 saturated carbocycles. The summed E-state index contributed by atoms with van der Waals surface area (Å²) < 4.78 is 0. The van der Waals surface area contributed by atoms with Gasteiger partial charge in [-0.2, -0.15) is 0 Å². The highest BCUT2D eigenvalue weighted by Crippen LogP contribution is 2.27. The molecule has 0 spiro atoms. The van der Waals surface area contributed by atoms with Gasteiger partial charge in [0.2, 0.25) is 11.8 Å². The van der Waals surface area contributed by atoms with Gasteiger partial charge in [-0.25, -0.2) is 0 Å². The van der Waals surface area contributed by atoms with E-state index in [9.17, 15) is 14.4 Å². The third-order valence-corrected chi connectivity index (χ3v) is 4.99. The second-order valence-corrected chi connectivity index (χ2v) is 6.56. The zero-order chi connectivity index (χ0) is 16.7. The standard InChI is InChI=1S/C17H20N4O3/c22-14-8-19-17(24)13-7-11(9-21(13)14)20-16(23)12-5-1-3-10-4-2-6-18-15(10)12/h1,3,5,11,13,18H,2,4,6-9H2,(H,19,24)(H,20,23)/t11-,13-/m0/s1. The normalized spacial score (nSPS) is 25.4. The van der Waals surface area contributed by atoms with E-state index in [4.69, 9.17) is 0 Å². The number of amides is 3. The maximum absolute atomic E-state index is 12.7. The number of fused-ring (bicyclic) bond motifs is 2. The molecule has 3 aliphatic heterocycles. The number of piperazine rings is 1. The third kappa shape index (κ3) is 2.50. The molecule has 24 heavy (non-hydrogen) atoms. The van der Waals surface area contributed by atoms with Crippen molar-refractivity contribution in [3.05, 3.63) is 29.3 Å². The maximum atomic E-state index is 12.7. The minimum atomic E-state index is -0.459. The van der Waals surface area contributed by atoms with Gasteiger partial charge in [-0.05, 0) is 30.9 Å². The average Bonchev–Trinajstić information content (AvgIpc) is 3.03.